The maximum absolute atomic E-state index is 11.7. The quantitative estimate of drug-likeness (QED) is 0.563. The van der Waals surface area contributed by atoms with E-state index < -0.39 is 5.63 Å². The maximum Gasteiger partial charge on any atom is 0.336 e. The number of nitrogens with one attached hydrogen (secondary N) is 1. The lowest BCUT2D eigenvalue weighted by molar-refractivity contribution is -0.123. The lowest BCUT2D eigenvalue weighted by Gasteiger charge is -2.09. The summed E-state index contributed by atoms with van der Waals surface area (Å²) in [4.78, 5) is 22.9. The molecule has 6 nitrogen and oxygen atoms in total. The Morgan fingerprint density at radius 1 is 1.25 bits per heavy atom. The first-order valence-electron chi connectivity index (χ1n) is 8.06. The Hall–Kier alpha value is -2.34. The first-order valence-corrected chi connectivity index (χ1v) is 8.06. The number of benzene rings is 1. The first kappa shape index (κ1) is 18.0. The van der Waals surface area contributed by atoms with Crippen molar-refractivity contribution in [3.8, 4) is 5.75 Å². The minimum absolute atomic E-state index is 0.0879. The van der Waals surface area contributed by atoms with E-state index in [0.717, 1.165) is 18.4 Å². The molecule has 24 heavy (non-hydrogen) atoms. The molecule has 130 valence electrons. The van der Waals surface area contributed by atoms with E-state index in [2.05, 4.69) is 19.2 Å². The molecule has 0 aliphatic rings. The van der Waals surface area contributed by atoms with Gasteiger partial charge in [-0.15, -0.1) is 0 Å². The van der Waals surface area contributed by atoms with Gasteiger partial charge < -0.3 is 19.2 Å². The van der Waals surface area contributed by atoms with Gasteiger partial charge in [0.15, 0.2) is 6.61 Å². The van der Waals surface area contributed by atoms with Crippen molar-refractivity contribution in [2.24, 2.45) is 5.92 Å². The molecule has 6 heteroatoms. The highest BCUT2D eigenvalue weighted by molar-refractivity contribution is 5.79. The predicted octanol–water partition coefficient (Wildman–Crippen LogP) is 2.35. The largest absolute Gasteiger partial charge is 0.484 e. The van der Waals surface area contributed by atoms with Gasteiger partial charge in [-0.1, -0.05) is 13.8 Å². The average Bonchev–Trinajstić information content (AvgIpc) is 2.55. The second kappa shape index (κ2) is 9.08. The first-order chi connectivity index (χ1) is 11.5. The van der Waals surface area contributed by atoms with Crippen LogP contribution < -0.4 is 15.7 Å². The lowest BCUT2D eigenvalue weighted by atomic mass is 10.2. The third-order valence-electron chi connectivity index (χ3n) is 3.20. The van der Waals surface area contributed by atoms with E-state index >= 15 is 0 Å². The minimum Gasteiger partial charge on any atom is -0.484 e. The van der Waals surface area contributed by atoms with Crippen molar-refractivity contribution < 1.29 is 18.7 Å². The highest BCUT2D eigenvalue weighted by Crippen LogP contribution is 2.19. The molecule has 2 aromatic rings. The topological polar surface area (TPSA) is 77.8 Å². The monoisotopic (exact) mass is 333 g/mol. The van der Waals surface area contributed by atoms with Crippen molar-refractivity contribution in [3.63, 3.8) is 0 Å². The van der Waals surface area contributed by atoms with Crippen LogP contribution in [0.15, 0.2) is 39.5 Å². The molecule has 1 N–H and O–H groups in total. The van der Waals surface area contributed by atoms with Gasteiger partial charge in [-0.3, -0.25) is 4.79 Å². The van der Waals surface area contributed by atoms with Crippen molar-refractivity contribution in [3.05, 3.63) is 40.8 Å². The summed E-state index contributed by atoms with van der Waals surface area (Å²) in [6.45, 7) is 6.01. The Bertz CT molecular complexity index is 723. The van der Waals surface area contributed by atoms with Gasteiger partial charge in [-0.05, 0) is 30.5 Å². The summed E-state index contributed by atoms with van der Waals surface area (Å²) in [7, 11) is 0. The molecular weight excluding hydrogens is 310 g/mol. The van der Waals surface area contributed by atoms with Crippen LogP contribution in [-0.4, -0.2) is 32.3 Å². The van der Waals surface area contributed by atoms with Crippen LogP contribution in [0.2, 0.25) is 0 Å². The Morgan fingerprint density at radius 2 is 2.04 bits per heavy atom. The van der Waals surface area contributed by atoms with Crippen LogP contribution in [0.5, 0.6) is 5.75 Å². The van der Waals surface area contributed by atoms with Crippen molar-refractivity contribution in [1.29, 1.82) is 0 Å². The Labute approximate surface area is 140 Å². The van der Waals surface area contributed by atoms with Crippen LogP contribution in [0, 0.1) is 5.92 Å². The number of ether oxygens (including phenoxy) is 2. The summed E-state index contributed by atoms with van der Waals surface area (Å²) < 4.78 is 15.9. The fraction of sp³-hybridized carbons (Fsp3) is 0.444. The van der Waals surface area contributed by atoms with Gasteiger partial charge in [-0.2, -0.15) is 0 Å². The molecule has 0 aliphatic heterocycles. The van der Waals surface area contributed by atoms with E-state index in [4.69, 9.17) is 13.9 Å². The van der Waals surface area contributed by atoms with Crippen LogP contribution in [0.25, 0.3) is 11.0 Å². The third kappa shape index (κ3) is 6.04. The van der Waals surface area contributed by atoms with E-state index in [-0.39, 0.29) is 12.5 Å². The van der Waals surface area contributed by atoms with Crippen LogP contribution in [-0.2, 0) is 9.53 Å². The summed E-state index contributed by atoms with van der Waals surface area (Å²) in [6, 6.07) is 8.15. The highest BCUT2D eigenvalue weighted by atomic mass is 16.5. The number of hydrogen-bond donors (Lipinski definition) is 1. The Morgan fingerprint density at radius 3 is 2.83 bits per heavy atom. The van der Waals surface area contributed by atoms with Crippen molar-refractivity contribution >= 4 is 16.9 Å². The molecule has 1 aromatic carbocycles. The molecule has 0 radical (unpaired) electrons. The zero-order chi connectivity index (χ0) is 17.4. The SMILES string of the molecule is CC(C)COCCCNC(=O)COc1ccc2ccc(=O)oc2c1. The fourth-order valence-electron chi connectivity index (χ4n) is 2.05. The molecule has 1 heterocycles. The molecule has 1 aromatic heterocycles. The molecule has 0 atom stereocenters. The van der Waals surface area contributed by atoms with Crippen molar-refractivity contribution in [1.82, 2.24) is 5.32 Å². The summed E-state index contributed by atoms with van der Waals surface area (Å²) in [5.41, 5.74) is 0.0137. The van der Waals surface area contributed by atoms with Crippen LogP contribution in [0.3, 0.4) is 0 Å². The van der Waals surface area contributed by atoms with E-state index in [1.54, 1.807) is 24.3 Å². The zero-order valence-corrected chi connectivity index (χ0v) is 14.0. The molecule has 0 unspecified atom stereocenters. The standard InChI is InChI=1S/C18H23NO5/c1-13(2)11-22-9-3-8-19-17(20)12-23-15-6-4-14-5-7-18(21)24-16(14)10-15/h4-7,10,13H,3,8-9,11-12H2,1-2H3,(H,19,20). The minimum atomic E-state index is -0.419. The van der Waals surface area contributed by atoms with Gasteiger partial charge in [0.2, 0.25) is 0 Å². The Kier molecular flexibility index (Phi) is 6.81. The maximum atomic E-state index is 11.7. The van der Waals surface area contributed by atoms with Crippen LogP contribution in [0.4, 0.5) is 0 Å². The van der Waals surface area contributed by atoms with Gasteiger partial charge in [0.1, 0.15) is 11.3 Å². The average molecular weight is 333 g/mol. The number of carbonyl (C=O) groups is 1. The number of hydrogen-bond acceptors (Lipinski definition) is 5. The number of fused-ring (bicyclic) bond motifs is 1. The summed E-state index contributed by atoms with van der Waals surface area (Å²) in [6.07, 6.45) is 0.763. The molecule has 0 fully saturated rings. The molecule has 0 saturated heterocycles. The molecule has 2 rings (SSSR count). The van der Waals surface area contributed by atoms with Gasteiger partial charge in [0, 0.05) is 37.3 Å². The van der Waals surface area contributed by atoms with E-state index in [1.807, 2.05) is 0 Å². The second-order valence-corrected chi connectivity index (χ2v) is 5.92. The van der Waals surface area contributed by atoms with Crippen LogP contribution in [0.1, 0.15) is 20.3 Å². The number of carbonyl (C=O) groups excluding carboxylic acids is 1. The van der Waals surface area contributed by atoms with E-state index in [9.17, 15) is 9.59 Å². The fourth-order valence-corrected chi connectivity index (χ4v) is 2.05. The predicted molar refractivity (Wildman–Crippen MR) is 91.3 cm³/mol. The van der Waals surface area contributed by atoms with Gasteiger partial charge in [0.05, 0.1) is 0 Å². The van der Waals surface area contributed by atoms with Crippen molar-refractivity contribution in [2.45, 2.75) is 20.3 Å². The van der Waals surface area contributed by atoms with E-state index in [1.165, 1.54) is 6.07 Å². The normalized spacial score (nSPS) is 11.0. The van der Waals surface area contributed by atoms with Gasteiger partial charge in [-0.25, -0.2) is 4.79 Å². The second-order valence-electron chi connectivity index (χ2n) is 5.92. The highest BCUT2D eigenvalue weighted by Gasteiger charge is 2.04. The van der Waals surface area contributed by atoms with Crippen molar-refractivity contribution in [2.75, 3.05) is 26.4 Å². The smallest absolute Gasteiger partial charge is 0.336 e. The molecule has 0 aliphatic carbocycles. The van der Waals surface area contributed by atoms with Crippen LogP contribution >= 0.6 is 0 Å². The molecular formula is C18H23NO5. The summed E-state index contributed by atoms with van der Waals surface area (Å²) in [5.74, 6) is 0.792. The molecule has 1 amide bonds. The van der Waals surface area contributed by atoms with Gasteiger partial charge >= 0.3 is 5.63 Å². The summed E-state index contributed by atoms with van der Waals surface area (Å²) >= 11 is 0. The number of rotatable bonds is 9. The van der Waals surface area contributed by atoms with Gasteiger partial charge in [0.25, 0.3) is 5.91 Å². The lowest BCUT2D eigenvalue weighted by Crippen LogP contribution is -2.30. The Balaban J connectivity index is 1.71. The molecule has 0 spiro atoms. The third-order valence-corrected chi connectivity index (χ3v) is 3.20. The van der Waals surface area contributed by atoms with E-state index in [0.29, 0.717) is 30.4 Å². The molecule has 0 saturated carbocycles. The summed E-state index contributed by atoms with van der Waals surface area (Å²) in [5, 5.41) is 3.57. The molecule has 0 bridgehead atoms. The number of amides is 1. The zero-order valence-electron chi connectivity index (χ0n) is 14.0.